The van der Waals surface area contributed by atoms with Crippen LogP contribution in [0.1, 0.15) is 75.7 Å². The highest BCUT2D eigenvalue weighted by Gasteiger charge is 2.51. The van der Waals surface area contributed by atoms with Gasteiger partial charge in [-0.25, -0.2) is 0 Å². The summed E-state index contributed by atoms with van der Waals surface area (Å²) in [5, 5.41) is 0. The van der Waals surface area contributed by atoms with Gasteiger partial charge < -0.3 is 4.74 Å². The van der Waals surface area contributed by atoms with Gasteiger partial charge in [-0.2, -0.15) is 0 Å². The Morgan fingerprint density at radius 2 is 1.17 bits per heavy atom. The van der Waals surface area contributed by atoms with Crippen LogP contribution in [0.15, 0.2) is 0 Å². The molecule has 0 fully saturated rings. The summed E-state index contributed by atoms with van der Waals surface area (Å²) < 4.78 is 5.98. The summed E-state index contributed by atoms with van der Waals surface area (Å²) in [6.07, 6.45) is 0.788. The van der Waals surface area contributed by atoms with Crippen molar-refractivity contribution in [3.05, 3.63) is 0 Å². The van der Waals surface area contributed by atoms with Crippen LogP contribution in [0.5, 0.6) is 0 Å². The molecule has 0 saturated heterocycles. The number of carbonyl (C=O) groups excluding carboxylic acids is 1. The minimum Gasteiger partial charge on any atom is -0.458 e. The molecule has 0 unspecified atom stereocenters. The first-order valence-corrected chi connectivity index (χ1v) is 6.92. The first-order valence-electron chi connectivity index (χ1n) is 6.92. The van der Waals surface area contributed by atoms with E-state index >= 15 is 0 Å². The fourth-order valence-corrected chi connectivity index (χ4v) is 1.90. The van der Waals surface area contributed by atoms with Gasteiger partial charge in [0.1, 0.15) is 5.60 Å². The fraction of sp³-hybridized carbons (Fsp3) is 0.938. The first-order chi connectivity index (χ1) is 7.69. The van der Waals surface area contributed by atoms with Gasteiger partial charge in [0.25, 0.3) is 0 Å². The molecule has 0 radical (unpaired) electrons. The second-order valence-corrected chi connectivity index (χ2v) is 8.16. The highest BCUT2D eigenvalue weighted by Crippen LogP contribution is 2.47. The standard InChI is InChI=1S/C16H32O2/c1-11-15(8,9)12(17)18-16(10,13(2,3)4)14(5,6)7/h11H2,1-10H3. The van der Waals surface area contributed by atoms with Crippen LogP contribution < -0.4 is 0 Å². The third-order valence-corrected chi connectivity index (χ3v) is 4.60. The van der Waals surface area contributed by atoms with Crippen molar-refractivity contribution in [2.24, 2.45) is 16.2 Å². The maximum Gasteiger partial charge on any atom is 0.312 e. The molecule has 2 heteroatoms. The van der Waals surface area contributed by atoms with E-state index < -0.39 is 11.0 Å². The van der Waals surface area contributed by atoms with Crippen molar-refractivity contribution >= 4 is 5.97 Å². The quantitative estimate of drug-likeness (QED) is 0.677. The van der Waals surface area contributed by atoms with Gasteiger partial charge in [-0.05, 0) is 27.2 Å². The van der Waals surface area contributed by atoms with E-state index in [9.17, 15) is 4.79 Å². The minimum atomic E-state index is -0.497. The molecular weight excluding hydrogens is 224 g/mol. The Morgan fingerprint density at radius 3 is 1.39 bits per heavy atom. The Hall–Kier alpha value is -0.530. The van der Waals surface area contributed by atoms with E-state index in [4.69, 9.17) is 4.74 Å². The molecule has 0 rings (SSSR count). The molecular formula is C16H32O2. The molecule has 18 heavy (non-hydrogen) atoms. The van der Waals surface area contributed by atoms with E-state index in [1.807, 2.05) is 20.8 Å². The van der Waals surface area contributed by atoms with Gasteiger partial charge >= 0.3 is 5.97 Å². The lowest BCUT2D eigenvalue weighted by molar-refractivity contribution is -0.201. The zero-order chi connectivity index (χ0) is 15.0. The van der Waals surface area contributed by atoms with E-state index in [1.165, 1.54) is 0 Å². The molecule has 0 aromatic rings. The SMILES string of the molecule is CCC(C)(C)C(=O)OC(C)(C(C)(C)C)C(C)(C)C. The molecule has 0 aromatic heterocycles. The van der Waals surface area contributed by atoms with Crippen molar-refractivity contribution in [1.29, 1.82) is 0 Å². The summed E-state index contributed by atoms with van der Waals surface area (Å²) in [7, 11) is 0. The Bertz CT molecular complexity index is 286. The van der Waals surface area contributed by atoms with Crippen LogP contribution in [0.4, 0.5) is 0 Å². The molecule has 0 heterocycles. The number of carbonyl (C=O) groups is 1. The maximum atomic E-state index is 12.4. The smallest absolute Gasteiger partial charge is 0.312 e. The molecule has 0 aliphatic carbocycles. The van der Waals surface area contributed by atoms with Crippen molar-refractivity contribution in [3.8, 4) is 0 Å². The van der Waals surface area contributed by atoms with Crippen LogP contribution in [-0.2, 0) is 9.53 Å². The molecule has 0 aliphatic rings. The monoisotopic (exact) mass is 256 g/mol. The summed E-state index contributed by atoms with van der Waals surface area (Å²) in [6.45, 7) is 20.7. The van der Waals surface area contributed by atoms with E-state index in [0.29, 0.717) is 0 Å². The number of hydrogen-bond donors (Lipinski definition) is 0. The van der Waals surface area contributed by atoms with Crippen molar-refractivity contribution in [2.45, 2.75) is 81.3 Å². The molecule has 0 bridgehead atoms. The summed E-state index contributed by atoms with van der Waals surface area (Å²) in [6, 6.07) is 0. The molecule has 2 nitrogen and oxygen atoms in total. The Kier molecular flexibility index (Phi) is 4.72. The van der Waals surface area contributed by atoms with Crippen molar-refractivity contribution in [3.63, 3.8) is 0 Å². The van der Waals surface area contributed by atoms with Crippen LogP contribution in [0.25, 0.3) is 0 Å². The van der Waals surface area contributed by atoms with Crippen molar-refractivity contribution < 1.29 is 9.53 Å². The van der Waals surface area contributed by atoms with Gasteiger partial charge in [-0.3, -0.25) is 4.79 Å². The van der Waals surface area contributed by atoms with E-state index in [0.717, 1.165) is 6.42 Å². The Morgan fingerprint density at radius 1 is 0.833 bits per heavy atom. The molecule has 0 spiro atoms. The summed E-state index contributed by atoms with van der Waals surface area (Å²) in [4.78, 5) is 12.4. The average molecular weight is 256 g/mol. The molecule has 0 N–H and O–H groups in total. The lowest BCUT2D eigenvalue weighted by atomic mass is 9.63. The van der Waals surface area contributed by atoms with Crippen LogP contribution in [0.3, 0.4) is 0 Å². The van der Waals surface area contributed by atoms with Gasteiger partial charge in [0.05, 0.1) is 5.41 Å². The van der Waals surface area contributed by atoms with Gasteiger partial charge in [0, 0.05) is 10.8 Å². The Balaban J connectivity index is 5.39. The largest absolute Gasteiger partial charge is 0.458 e. The first kappa shape index (κ1) is 17.5. The predicted molar refractivity (Wildman–Crippen MR) is 77.5 cm³/mol. The lowest BCUT2D eigenvalue weighted by Crippen LogP contribution is -2.55. The van der Waals surface area contributed by atoms with Crippen LogP contribution in [0, 0.1) is 16.2 Å². The second-order valence-electron chi connectivity index (χ2n) is 8.16. The van der Waals surface area contributed by atoms with Crippen LogP contribution >= 0.6 is 0 Å². The third-order valence-electron chi connectivity index (χ3n) is 4.60. The molecule has 0 atom stereocenters. The highest BCUT2D eigenvalue weighted by atomic mass is 16.6. The third kappa shape index (κ3) is 3.27. The number of rotatable bonds is 3. The Labute approximate surface area is 113 Å². The van der Waals surface area contributed by atoms with E-state index in [1.54, 1.807) is 0 Å². The number of ether oxygens (including phenoxy) is 1. The lowest BCUT2D eigenvalue weighted by Gasteiger charge is -2.51. The van der Waals surface area contributed by atoms with E-state index in [-0.39, 0.29) is 16.8 Å². The summed E-state index contributed by atoms with van der Waals surface area (Å²) in [5.41, 5.74) is -1.13. The van der Waals surface area contributed by atoms with Crippen molar-refractivity contribution in [1.82, 2.24) is 0 Å². The zero-order valence-corrected chi connectivity index (χ0v) is 14.0. The molecule has 0 amide bonds. The maximum absolute atomic E-state index is 12.4. The van der Waals surface area contributed by atoms with Crippen LogP contribution in [0.2, 0.25) is 0 Å². The fourth-order valence-electron chi connectivity index (χ4n) is 1.90. The van der Waals surface area contributed by atoms with Gasteiger partial charge in [-0.1, -0.05) is 48.5 Å². The van der Waals surface area contributed by atoms with Crippen molar-refractivity contribution in [2.75, 3.05) is 0 Å². The highest BCUT2D eigenvalue weighted by molar-refractivity contribution is 5.76. The van der Waals surface area contributed by atoms with Crippen LogP contribution in [-0.4, -0.2) is 11.6 Å². The molecule has 108 valence electrons. The van der Waals surface area contributed by atoms with Gasteiger partial charge in [0.15, 0.2) is 0 Å². The molecule has 0 saturated carbocycles. The summed E-state index contributed by atoms with van der Waals surface area (Å²) in [5.74, 6) is -0.0997. The second kappa shape index (κ2) is 4.86. The van der Waals surface area contributed by atoms with Gasteiger partial charge in [-0.15, -0.1) is 0 Å². The predicted octanol–water partition coefficient (Wildman–Crippen LogP) is 4.82. The minimum absolute atomic E-state index is 0.0997. The normalized spacial score (nSPS) is 14.6. The zero-order valence-electron chi connectivity index (χ0n) is 14.0. The summed E-state index contributed by atoms with van der Waals surface area (Å²) >= 11 is 0. The average Bonchev–Trinajstić information content (AvgIpc) is 2.13. The topological polar surface area (TPSA) is 26.3 Å². The van der Waals surface area contributed by atoms with E-state index in [2.05, 4.69) is 48.5 Å². The number of esters is 1. The molecule has 0 aliphatic heterocycles. The molecule has 0 aromatic carbocycles. The van der Waals surface area contributed by atoms with Gasteiger partial charge in [0.2, 0.25) is 0 Å². The number of hydrogen-bond acceptors (Lipinski definition) is 2.